The van der Waals surface area contributed by atoms with Gasteiger partial charge in [0.15, 0.2) is 0 Å². The van der Waals surface area contributed by atoms with Crippen molar-refractivity contribution in [2.24, 2.45) is 0 Å². The molecule has 0 bridgehead atoms. The summed E-state index contributed by atoms with van der Waals surface area (Å²) in [7, 11) is 0. The maximum absolute atomic E-state index is 5.75. The summed E-state index contributed by atoms with van der Waals surface area (Å²) in [6, 6.07) is 9.90. The first-order valence-corrected chi connectivity index (χ1v) is 8.17. The molecule has 2 rings (SSSR count). The van der Waals surface area contributed by atoms with Gasteiger partial charge in [-0.25, -0.2) is 0 Å². The Kier molecular flexibility index (Phi) is 6.06. The lowest BCUT2D eigenvalue weighted by molar-refractivity contribution is 0.0804. The Morgan fingerprint density at radius 2 is 2.00 bits per heavy atom. The number of unbranched alkanes of at least 4 members (excludes halogenated alkanes) is 1. The minimum atomic E-state index is 0.384. The molecule has 1 heterocycles. The van der Waals surface area contributed by atoms with E-state index in [4.69, 9.17) is 4.74 Å². The van der Waals surface area contributed by atoms with Crippen molar-refractivity contribution in [1.29, 1.82) is 0 Å². The normalized spacial score (nSPS) is 21.9. The maximum atomic E-state index is 5.75. The minimum absolute atomic E-state index is 0.384. The number of hydrogen-bond acceptors (Lipinski definition) is 2. The summed E-state index contributed by atoms with van der Waals surface area (Å²) >= 11 is 0. The van der Waals surface area contributed by atoms with Crippen LogP contribution >= 0.6 is 0 Å². The number of rotatable bonds is 7. The molecule has 1 aliphatic rings. The molecule has 0 radical (unpaired) electrons. The summed E-state index contributed by atoms with van der Waals surface area (Å²) in [5.74, 6) is 0. The van der Waals surface area contributed by atoms with Crippen molar-refractivity contribution in [3.8, 4) is 0 Å². The van der Waals surface area contributed by atoms with Crippen molar-refractivity contribution < 1.29 is 4.74 Å². The summed E-state index contributed by atoms with van der Waals surface area (Å²) in [6.07, 6.45) is 6.53. The van der Waals surface area contributed by atoms with E-state index in [9.17, 15) is 0 Å². The molecular weight excluding hydrogens is 246 g/mol. The van der Waals surface area contributed by atoms with E-state index in [0.717, 1.165) is 6.61 Å². The summed E-state index contributed by atoms with van der Waals surface area (Å²) in [4.78, 5) is 0. The molecule has 3 unspecified atom stereocenters. The van der Waals surface area contributed by atoms with Crippen LogP contribution in [0.5, 0.6) is 0 Å². The van der Waals surface area contributed by atoms with Crippen molar-refractivity contribution in [1.82, 2.24) is 5.32 Å². The van der Waals surface area contributed by atoms with Crippen LogP contribution in [0.15, 0.2) is 24.3 Å². The van der Waals surface area contributed by atoms with E-state index < -0.39 is 0 Å². The summed E-state index contributed by atoms with van der Waals surface area (Å²) in [6.45, 7) is 7.65. The number of ether oxygens (including phenoxy) is 1. The smallest absolute Gasteiger partial charge is 0.0726 e. The Morgan fingerprint density at radius 3 is 2.60 bits per heavy atom. The molecule has 0 aliphatic carbocycles. The lowest BCUT2D eigenvalue weighted by Gasteiger charge is -2.24. The van der Waals surface area contributed by atoms with Crippen LogP contribution in [-0.4, -0.2) is 18.8 Å². The van der Waals surface area contributed by atoms with Gasteiger partial charge in [0.25, 0.3) is 0 Å². The highest BCUT2D eigenvalue weighted by molar-refractivity contribution is 5.25. The van der Waals surface area contributed by atoms with E-state index in [1.165, 1.54) is 43.2 Å². The van der Waals surface area contributed by atoms with Crippen LogP contribution in [0.3, 0.4) is 0 Å². The maximum Gasteiger partial charge on any atom is 0.0726 e. The third-order valence-electron chi connectivity index (χ3n) is 4.33. The Hall–Kier alpha value is -0.860. The van der Waals surface area contributed by atoms with Crippen molar-refractivity contribution in [3.05, 3.63) is 35.4 Å². The van der Waals surface area contributed by atoms with Gasteiger partial charge in [-0.1, -0.05) is 37.6 Å². The first-order chi connectivity index (χ1) is 9.70. The molecule has 0 aromatic heterocycles. The lowest BCUT2D eigenvalue weighted by atomic mass is 10.0. The molecular formula is C18H29NO. The number of benzene rings is 1. The molecule has 112 valence electrons. The van der Waals surface area contributed by atoms with Gasteiger partial charge in [0.2, 0.25) is 0 Å². The van der Waals surface area contributed by atoms with Gasteiger partial charge in [0.1, 0.15) is 0 Å². The van der Waals surface area contributed by atoms with Crippen LogP contribution in [0, 0.1) is 0 Å². The van der Waals surface area contributed by atoms with E-state index in [1.807, 2.05) is 0 Å². The van der Waals surface area contributed by atoms with Crippen molar-refractivity contribution in [3.63, 3.8) is 0 Å². The van der Waals surface area contributed by atoms with Gasteiger partial charge in [-0.05, 0) is 50.7 Å². The molecule has 20 heavy (non-hydrogen) atoms. The summed E-state index contributed by atoms with van der Waals surface area (Å²) in [5.41, 5.74) is 2.82. The second kappa shape index (κ2) is 7.80. The van der Waals surface area contributed by atoms with Crippen molar-refractivity contribution in [2.45, 2.75) is 71.1 Å². The Bertz CT molecular complexity index is 381. The van der Waals surface area contributed by atoms with E-state index in [0.29, 0.717) is 18.2 Å². The second-order valence-corrected chi connectivity index (χ2v) is 6.07. The van der Waals surface area contributed by atoms with Gasteiger partial charge < -0.3 is 10.1 Å². The standard InChI is InChI=1S/C18H29NO/c1-4-5-7-16-9-11-17(12-10-16)14(2)19-15(3)18-8-6-13-20-18/h9-12,14-15,18-19H,4-8,13H2,1-3H3. The lowest BCUT2D eigenvalue weighted by Crippen LogP contribution is -2.38. The Balaban J connectivity index is 1.86. The van der Waals surface area contributed by atoms with Gasteiger partial charge in [-0.3, -0.25) is 0 Å². The topological polar surface area (TPSA) is 21.3 Å². The molecule has 0 amide bonds. The quantitative estimate of drug-likeness (QED) is 0.803. The molecule has 1 aromatic rings. The molecule has 0 saturated carbocycles. The fourth-order valence-corrected chi connectivity index (χ4v) is 2.95. The first kappa shape index (κ1) is 15.5. The highest BCUT2D eigenvalue weighted by Crippen LogP contribution is 2.20. The molecule has 1 fully saturated rings. The monoisotopic (exact) mass is 275 g/mol. The van der Waals surface area contributed by atoms with Crippen LogP contribution in [0.25, 0.3) is 0 Å². The Labute approximate surface area is 123 Å². The molecule has 2 heteroatoms. The third-order valence-corrected chi connectivity index (χ3v) is 4.33. The van der Waals surface area contributed by atoms with E-state index in [2.05, 4.69) is 50.4 Å². The number of nitrogens with one attached hydrogen (secondary N) is 1. The fraction of sp³-hybridized carbons (Fsp3) is 0.667. The number of aryl methyl sites for hydroxylation is 1. The first-order valence-electron chi connectivity index (χ1n) is 8.17. The van der Waals surface area contributed by atoms with Crippen molar-refractivity contribution >= 4 is 0 Å². The average molecular weight is 275 g/mol. The fourth-order valence-electron chi connectivity index (χ4n) is 2.95. The highest BCUT2D eigenvalue weighted by Gasteiger charge is 2.23. The van der Waals surface area contributed by atoms with Gasteiger partial charge in [0.05, 0.1) is 6.10 Å². The van der Waals surface area contributed by atoms with Gasteiger partial charge in [0, 0.05) is 18.7 Å². The van der Waals surface area contributed by atoms with Crippen molar-refractivity contribution in [2.75, 3.05) is 6.61 Å². The second-order valence-electron chi connectivity index (χ2n) is 6.07. The highest BCUT2D eigenvalue weighted by atomic mass is 16.5. The largest absolute Gasteiger partial charge is 0.377 e. The Morgan fingerprint density at radius 1 is 1.25 bits per heavy atom. The van der Waals surface area contributed by atoms with Crippen LogP contribution in [0.1, 0.15) is 63.6 Å². The summed E-state index contributed by atoms with van der Waals surface area (Å²) < 4.78 is 5.75. The molecule has 2 nitrogen and oxygen atoms in total. The average Bonchev–Trinajstić information content (AvgIpc) is 3.00. The predicted molar refractivity (Wildman–Crippen MR) is 85.0 cm³/mol. The van der Waals surface area contributed by atoms with Crippen LogP contribution in [0.4, 0.5) is 0 Å². The molecule has 0 spiro atoms. The van der Waals surface area contributed by atoms with E-state index in [1.54, 1.807) is 0 Å². The summed E-state index contributed by atoms with van der Waals surface area (Å²) in [5, 5.41) is 3.68. The molecule has 1 saturated heterocycles. The van der Waals surface area contributed by atoms with E-state index in [-0.39, 0.29) is 0 Å². The van der Waals surface area contributed by atoms with Gasteiger partial charge in [-0.15, -0.1) is 0 Å². The van der Waals surface area contributed by atoms with E-state index >= 15 is 0 Å². The molecule has 1 aromatic carbocycles. The SMILES string of the molecule is CCCCc1ccc(C(C)NC(C)C2CCCO2)cc1. The van der Waals surface area contributed by atoms with Crippen LogP contribution < -0.4 is 5.32 Å². The molecule has 1 N–H and O–H groups in total. The van der Waals surface area contributed by atoms with Gasteiger partial charge >= 0.3 is 0 Å². The van der Waals surface area contributed by atoms with Crippen LogP contribution in [-0.2, 0) is 11.2 Å². The van der Waals surface area contributed by atoms with Crippen LogP contribution in [0.2, 0.25) is 0 Å². The third kappa shape index (κ3) is 4.32. The zero-order valence-electron chi connectivity index (χ0n) is 13.2. The zero-order valence-corrected chi connectivity index (χ0v) is 13.2. The predicted octanol–water partition coefficient (Wildman–Crippen LogP) is 4.25. The molecule has 3 atom stereocenters. The zero-order chi connectivity index (χ0) is 14.4. The van der Waals surface area contributed by atoms with Gasteiger partial charge in [-0.2, -0.15) is 0 Å². The minimum Gasteiger partial charge on any atom is -0.377 e. The molecule has 1 aliphatic heterocycles. The number of hydrogen-bond donors (Lipinski definition) is 1.